The number of aryl methyl sites for hydroxylation is 1. The molecule has 3 aromatic rings. The lowest BCUT2D eigenvalue weighted by Crippen LogP contribution is -2.38. The molecule has 0 saturated carbocycles. The molecule has 3 rings (SSSR count). The molecule has 0 amide bonds. The fourth-order valence-electron chi connectivity index (χ4n) is 2.29. The SMILES string of the molecule is Cc1ccc2oc(-c3ccc(S(=O)(=O)N[C@H](C)C(=O)O)cc3)nc2c1. The van der Waals surface area contributed by atoms with E-state index in [1.165, 1.54) is 19.1 Å². The third kappa shape index (κ3) is 3.54. The number of carboxylic acids is 1. The second-order valence-corrected chi connectivity index (χ2v) is 7.41. The van der Waals surface area contributed by atoms with Crippen LogP contribution in [0.15, 0.2) is 51.8 Å². The summed E-state index contributed by atoms with van der Waals surface area (Å²) in [5, 5.41) is 8.83. The van der Waals surface area contributed by atoms with Crippen molar-refractivity contribution in [2.45, 2.75) is 24.8 Å². The van der Waals surface area contributed by atoms with E-state index in [0.29, 0.717) is 17.0 Å². The van der Waals surface area contributed by atoms with Crippen molar-refractivity contribution in [2.24, 2.45) is 0 Å². The predicted octanol–water partition coefficient (Wildman–Crippen LogP) is 2.55. The van der Waals surface area contributed by atoms with Gasteiger partial charge in [0.15, 0.2) is 5.58 Å². The third-order valence-electron chi connectivity index (χ3n) is 3.66. The predicted molar refractivity (Wildman–Crippen MR) is 91.6 cm³/mol. The van der Waals surface area contributed by atoms with E-state index in [4.69, 9.17) is 9.52 Å². The molecule has 25 heavy (non-hydrogen) atoms. The molecule has 0 spiro atoms. The van der Waals surface area contributed by atoms with Crippen molar-refractivity contribution in [3.05, 3.63) is 48.0 Å². The fraction of sp³-hybridized carbons (Fsp3) is 0.176. The molecule has 2 aromatic carbocycles. The van der Waals surface area contributed by atoms with Crippen LogP contribution in [0.5, 0.6) is 0 Å². The molecule has 0 bridgehead atoms. The maximum atomic E-state index is 12.2. The van der Waals surface area contributed by atoms with Gasteiger partial charge in [-0.1, -0.05) is 6.07 Å². The third-order valence-corrected chi connectivity index (χ3v) is 5.21. The van der Waals surface area contributed by atoms with Crippen LogP contribution in [0.3, 0.4) is 0 Å². The molecule has 2 N–H and O–H groups in total. The highest BCUT2D eigenvalue weighted by Gasteiger charge is 2.21. The molecule has 0 saturated heterocycles. The Kier molecular flexibility index (Phi) is 4.32. The second-order valence-electron chi connectivity index (χ2n) is 5.70. The van der Waals surface area contributed by atoms with E-state index >= 15 is 0 Å². The summed E-state index contributed by atoms with van der Waals surface area (Å²) in [7, 11) is -3.92. The van der Waals surface area contributed by atoms with Gasteiger partial charge in [-0.05, 0) is 55.8 Å². The Morgan fingerprint density at radius 2 is 1.88 bits per heavy atom. The van der Waals surface area contributed by atoms with Crippen molar-refractivity contribution >= 4 is 27.1 Å². The van der Waals surface area contributed by atoms with Gasteiger partial charge in [0, 0.05) is 5.56 Å². The first-order valence-corrected chi connectivity index (χ1v) is 8.97. The number of carbonyl (C=O) groups is 1. The van der Waals surface area contributed by atoms with E-state index in [1.54, 1.807) is 12.1 Å². The first kappa shape index (κ1) is 17.1. The highest BCUT2D eigenvalue weighted by molar-refractivity contribution is 7.89. The molecule has 0 fully saturated rings. The standard InChI is InChI=1S/C17H16N2O5S/c1-10-3-8-15-14(9-10)18-16(24-15)12-4-6-13(7-5-12)25(22,23)19-11(2)17(20)21/h3-9,11,19H,1-2H3,(H,20,21)/t11-/m1/s1. The number of carboxylic acid groups (broad SMARTS) is 1. The number of aliphatic carboxylic acids is 1. The van der Waals surface area contributed by atoms with Crippen molar-refractivity contribution < 1.29 is 22.7 Å². The number of nitrogens with one attached hydrogen (secondary N) is 1. The highest BCUT2D eigenvalue weighted by atomic mass is 32.2. The Balaban J connectivity index is 1.89. The Morgan fingerprint density at radius 1 is 1.20 bits per heavy atom. The van der Waals surface area contributed by atoms with Gasteiger partial charge in [-0.25, -0.2) is 13.4 Å². The molecule has 0 radical (unpaired) electrons. The van der Waals surface area contributed by atoms with Gasteiger partial charge < -0.3 is 9.52 Å². The van der Waals surface area contributed by atoms with Crippen LogP contribution in [-0.2, 0) is 14.8 Å². The van der Waals surface area contributed by atoms with Crippen LogP contribution in [0.1, 0.15) is 12.5 Å². The number of aromatic nitrogens is 1. The molecule has 1 atom stereocenters. The van der Waals surface area contributed by atoms with Crippen molar-refractivity contribution in [3.8, 4) is 11.5 Å². The van der Waals surface area contributed by atoms with Crippen LogP contribution in [-0.4, -0.2) is 30.5 Å². The van der Waals surface area contributed by atoms with Crippen molar-refractivity contribution in [1.29, 1.82) is 0 Å². The normalized spacial score (nSPS) is 13.0. The van der Waals surface area contributed by atoms with Gasteiger partial charge in [-0.3, -0.25) is 4.79 Å². The largest absolute Gasteiger partial charge is 0.480 e. The first-order valence-electron chi connectivity index (χ1n) is 7.49. The zero-order valence-corrected chi connectivity index (χ0v) is 14.4. The molecular formula is C17H16N2O5S. The Hall–Kier alpha value is -2.71. The maximum Gasteiger partial charge on any atom is 0.321 e. The van der Waals surface area contributed by atoms with E-state index in [1.807, 2.05) is 25.1 Å². The number of oxazole rings is 1. The Bertz CT molecular complexity index is 1040. The van der Waals surface area contributed by atoms with Gasteiger partial charge in [-0.15, -0.1) is 0 Å². The summed E-state index contributed by atoms with van der Waals surface area (Å²) in [5.74, 6) is -0.863. The number of hydrogen-bond acceptors (Lipinski definition) is 5. The summed E-state index contributed by atoms with van der Waals surface area (Å²) in [6.07, 6.45) is 0. The lowest BCUT2D eigenvalue weighted by molar-refractivity contribution is -0.138. The van der Waals surface area contributed by atoms with Gasteiger partial charge in [0.2, 0.25) is 15.9 Å². The minimum Gasteiger partial charge on any atom is -0.480 e. The van der Waals surface area contributed by atoms with E-state index in [0.717, 1.165) is 11.1 Å². The molecule has 130 valence electrons. The van der Waals surface area contributed by atoms with Gasteiger partial charge in [0.25, 0.3) is 0 Å². The van der Waals surface area contributed by atoms with E-state index in [9.17, 15) is 13.2 Å². The number of nitrogens with zero attached hydrogens (tertiary/aromatic N) is 1. The van der Waals surface area contributed by atoms with Crippen LogP contribution in [0.2, 0.25) is 0 Å². The topological polar surface area (TPSA) is 110 Å². The minimum absolute atomic E-state index is 0.0312. The van der Waals surface area contributed by atoms with Gasteiger partial charge in [0.1, 0.15) is 11.6 Å². The maximum absolute atomic E-state index is 12.2. The molecule has 0 unspecified atom stereocenters. The number of benzene rings is 2. The average molecular weight is 360 g/mol. The quantitative estimate of drug-likeness (QED) is 0.724. The smallest absolute Gasteiger partial charge is 0.321 e. The molecule has 0 aliphatic rings. The minimum atomic E-state index is -3.92. The monoisotopic (exact) mass is 360 g/mol. The average Bonchev–Trinajstić information content (AvgIpc) is 2.97. The number of hydrogen-bond donors (Lipinski definition) is 2. The van der Waals surface area contributed by atoms with Gasteiger partial charge >= 0.3 is 5.97 Å². The van der Waals surface area contributed by atoms with Crippen molar-refractivity contribution in [2.75, 3.05) is 0 Å². The molecule has 0 aliphatic heterocycles. The number of rotatable bonds is 5. The van der Waals surface area contributed by atoms with Crippen LogP contribution < -0.4 is 4.72 Å². The molecule has 8 heteroatoms. The van der Waals surface area contributed by atoms with E-state index in [2.05, 4.69) is 9.71 Å². The summed E-state index contributed by atoms with van der Waals surface area (Å²) in [5.41, 5.74) is 3.06. The van der Waals surface area contributed by atoms with Crippen LogP contribution in [0.25, 0.3) is 22.6 Å². The number of sulfonamides is 1. The Morgan fingerprint density at radius 3 is 2.52 bits per heavy atom. The lowest BCUT2D eigenvalue weighted by Gasteiger charge is -2.10. The first-order chi connectivity index (χ1) is 11.8. The zero-order valence-electron chi connectivity index (χ0n) is 13.6. The molecule has 1 aromatic heterocycles. The number of fused-ring (bicyclic) bond motifs is 1. The summed E-state index contributed by atoms with van der Waals surface area (Å²) in [6, 6.07) is 10.3. The Labute approximate surface area is 144 Å². The van der Waals surface area contributed by atoms with E-state index < -0.39 is 22.0 Å². The molecule has 0 aliphatic carbocycles. The fourth-order valence-corrected chi connectivity index (χ4v) is 3.49. The summed E-state index contributed by atoms with van der Waals surface area (Å²) < 4.78 is 32.1. The molecular weight excluding hydrogens is 344 g/mol. The van der Waals surface area contributed by atoms with E-state index in [-0.39, 0.29) is 4.90 Å². The van der Waals surface area contributed by atoms with Gasteiger partial charge in [0.05, 0.1) is 4.90 Å². The van der Waals surface area contributed by atoms with Crippen molar-refractivity contribution in [1.82, 2.24) is 9.71 Å². The molecule has 7 nitrogen and oxygen atoms in total. The highest BCUT2D eigenvalue weighted by Crippen LogP contribution is 2.25. The molecule has 1 heterocycles. The van der Waals surface area contributed by atoms with Crippen molar-refractivity contribution in [3.63, 3.8) is 0 Å². The van der Waals surface area contributed by atoms with Crippen LogP contribution >= 0.6 is 0 Å². The summed E-state index contributed by atoms with van der Waals surface area (Å²) in [4.78, 5) is 15.2. The van der Waals surface area contributed by atoms with Crippen LogP contribution in [0, 0.1) is 6.92 Å². The second kappa shape index (κ2) is 6.30. The zero-order chi connectivity index (χ0) is 18.2. The summed E-state index contributed by atoms with van der Waals surface area (Å²) >= 11 is 0. The summed E-state index contributed by atoms with van der Waals surface area (Å²) in [6.45, 7) is 3.22. The van der Waals surface area contributed by atoms with Gasteiger partial charge in [-0.2, -0.15) is 4.72 Å². The van der Waals surface area contributed by atoms with Crippen LogP contribution in [0.4, 0.5) is 0 Å². The lowest BCUT2D eigenvalue weighted by atomic mass is 10.2.